The average Bonchev–Trinajstić information content (AvgIpc) is 2.96. The Hall–Kier alpha value is -1.47. The summed E-state index contributed by atoms with van der Waals surface area (Å²) in [6, 6.07) is 0. The first-order valence-corrected chi connectivity index (χ1v) is 5.62. The largest absolute Gasteiger partial charge is 0.380 e. The van der Waals surface area contributed by atoms with Crippen molar-refractivity contribution in [3.05, 3.63) is 11.9 Å². The summed E-state index contributed by atoms with van der Waals surface area (Å²) in [5.41, 5.74) is 6.11. The molecule has 1 aliphatic rings. The lowest BCUT2D eigenvalue weighted by atomic mass is 10.3. The van der Waals surface area contributed by atoms with Crippen molar-refractivity contribution < 1.29 is 9.53 Å². The Morgan fingerprint density at radius 2 is 2.53 bits per heavy atom. The third kappa shape index (κ3) is 2.80. The van der Waals surface area contributed by atoms with Crippen LogP contribution in [0.25, 0.3) is 0 Å². The predicted molar refractivity (Wildman–Crippen MR) is 59.9 cm³/mol. The highest BCUT2D eigenvalue weighted by Gasteiger charge is 2.26. The quantitative estimate of drug-likeness (QED) is 0.727. The number of amides is 1. The van der Waals surface area contributed by atoms with Gasteiger partial charge in [0.25, 0.3) is 0 Å². The van der Waals surface area contributed by atoms with Crippen LogP contribution in [0.3, 0.4) is 0 Å². The summed E-state index contributed by atoms with van der Waals surface area (Å²) in [5, 5.41) is 7.68. The van der Waals surface area contributed by atoms with Gasteiger partial charge in [0, 0.05) is 26.7 Å². The van der Waals surface area contributed by atoms with E-state index in [9.17, 15) is 4.79 Å². The lowest BCUT2D eigenvalue weighted by Gasteiger charge is -2.15. The van der Waals surface area contributed by atoms with Gasteiger partial charge in [0.1, 0.15) is 6.54 Å². The molecular weight excluding hydrogens is 222 g/mol. The Morgan fingerprint density at radius 3 is 3.12 bits per heavy atom. The van der Waals surface area contributed by atoms with Gasteiger partial charge in [0.05, 0.1) is 18.0 Å². The van der Waals surface area contributed by atoms with E-state index in [1.54, 1.807) is 18.2 Å². The highest BCUT2D eigenvalue weighted by molar-refractivity contribution is 5.76. The molecule has 1 fully saturated rings. The van der Waals surface area contributed by atoms with Crippen LogP contribution < -0.4 is 5.73 Å². The molecule has 0 bridgehead atoms. The number of aromatic nitrogens is 3. The third-order valence-corrected chi connectivity index (χ3v) is 2.92. The van der Waals surface area contributed by atoms with Crippen LogP contribution in [0.5, 0.6) is 0 Å². The Balaban J connectivity index is 1.89. The predicted octanol–water partition coefficient (Wildman–Crippen LogP) is -1.02. The van der Waals surface area contributed by atoms with Gasteiger partial charge in [0.15, 0.2) is 0 Å². The lowest BCUT2D eigenvalue weighted by molar-refractivity contribution is -0.131. The van der Waals surface area contributed by atoms with Gasteiger partial charge in [0.2, 0.25) is 5.91 Å². The minimum Gasteiger partial charge on any atom is -0.380 e. The Morgan fingerprint density at radius 1 is 1.71 bits per heavy atom. The Bertz CT molecular complexity index is 392. The molecule has 1 atom stereocenters. The van der Waals surface area contributed by atoms with Crippen molar-refractivity contribution in [2.24, 2.45) is 5.73 Å². The zero-order valence-electron chi connectivity index (χ0n) is 9.87. The number of hydrogen-bond donors (Lipinski definition) is 1. The molecule has 0 spiro atoms. The van der Waals surface area contributed by atoms with Crippen LogP contribution in [0.4, 0.5) is 0 Å². The molecule has 1 aromatic heterocycles. The van der Waals surface area contributed by atoms with Crippen molar-refractivity contribution >= 4 is 5.91 Å². The van der Waals surface area contributed by atoms with E-state index in [0.717, 1.165) is 13.0 Å². The maximum atomic E-state index is 11.9. The van der Waals surface area contributed by atoms with E-state index >= 15 is 0 Å². The van der Waals surface area contributed by atoms with Crippen molar-refractivity contribution in [2.75, 3.05) is 20.2 Å². The summed E-state index contributed by atoms with van der Waals surface area (Å²) in [6.07, 6.45) is 2.75. The van der Waals surface area contributed by atoms with Gasteiger partial charge in [-0.25, -0.2) is 4.68 Å². The highest BCUT2D eigenvalue weighted by atomic mass is 16.5. The maximum Gasteiger partial charge on any atom is 0.244 e. The monoisotopic (exact) mass is 239 g/mol. The molecule has 94 valence electrons. The number of ether oxygens (including phenoxy) is 1. The summed E-state index contributed by atoms with van der Waals surface area (Å²) in [6.45, 7) is 1.96. The number of likely N-dealkylation sites (tertiary alicyclic amines) is 1. The number of carbonyl (C=O) groups is 1. The van der Waals surface area contributed by atoms with E-state index in [1.165, 1.54) is 4.68 Å². The zero-order chi connectivity index (χ0) is 12.3. The van der Waals surface area contributed by atoms with E-state index in [0.29, 0.717) is 18.8 Å². The SMILES string of the molecule is COC1CCN(C(=O)Cn2cc(CN)nn2)C1. The van der Waals surface area contributed by atoms with E-state index in [-0.39, 0.29) is 18.6 Å². The average molecular weight is 239 g/mol. The van der Waals surface area contributed by atoms with E-state index in [4.69, 9.17) is 10.5 Å². The number of nitrogens with zero attached hydrogens (tertiary/aromatic N) is 4. The van der Waals surface area contributed by atoms with Crippen LogP contribution in [0.15, 0.2) is 6.20 Å². The molecule has 7 heteroatoms. The minimum atomic E-state index is 0.0398. The second-order valence-electron chi connectivity index (χ2n) is 4.10. The number of methoxy groups -OCH3 is 1. The molecule has 0 aromatic carbocycles. The molecule has 0 aliphatic carbocycles. The van der Waals surface area contributed by atoms with Crippen LogP contribution in [0, 0.1) is 0 Å². The molecule has 1 amide bonds. The summed E-state index contributed by atoms with van der Waals surface area (Å²) in [5.74, 6) is 0.0398. The van der Waals surface area contributed by atoms with Gasteiger partial charge in [-0.2, -0.15) is 0 Å². The summed E-state index contributed by atoms with van der Waals surface area (Å²) in [4.78, 5) is 13.7. The van der Waals surface area contributed by atoms with Gasteiger partial charge in [-0.05, 0) is 6.42 Å². The second kappa shape index (κ2) is 5.24. The molecule has 17 heavy (non-hydrogen) atoms. The van der Waals surface area contributed by atoms with Crippen molar-refractivity contribution in [3.8, 4) is 0 Å². The van der Waals surface area contributed by atoms with Gasteiger partial charge in [-0.15, -0.1) is 5.10 Å². The molecule has 1 aromatic rings. The molecular formula is C10H17N5O2. The third-order valence-electron chi connectivity index (χ3n) is 2.92. The first-order chi connectivity index (χ1) is 8.22. The second-order valence-corrected chi connectivity index (χ2v) is 4.10. The topological polar surface area (TPSA) is 86.3 Å². The maximum absolute atomic E-state index is 11.9. The summed E-state index contributed by atoms with van der Waals surface area (Å²) >= 11 is 0. The van der Waals surface area contributed by atoms with Gasteiger partial charge < -0.3 is 15.4 Å². The number of carbonyl (C=O) groups excluding carboxylic acids is 1. The fourth-order valence-electron chi connectivity index (χ4n) is 1.90. The number of nitrogens with two attached hydrogens (primary N) is 1. The Labute approximate surface area is 99.5 Å². The van der Waals surface area contributed by atoms with Crippen molar-refractivity contribution in [2.45, 2.75) is 25.6 Å². The van der Waals surface area contributed by atoms with Crippen molar-refractivity contribution in [1.82, 2.24) is 19.9 Å². The molecule has 7 nitrogen and oxygen atoms in total. The molecule has 1 aliphatic heterocycles. The molecule has 1 unspecified atom stereocenters. The normalized spacial score (nSPS) is 19.9. The molecule has 2 heterocycles. The smallest absolute Gasteiger partial charge is 0.244 e. The van der Waals surface area contributed by atoms with Gasteiger partial charge >= 0.3 is 0 Å². The van der Waals surface area contributed by atoms with E-state index < -0.39 is 0 Å². The van der Waals surface area contributed by atoms with Crippen molar-refractivity contribution in [3.63, 3.8) is 0 Å². The number of hydrogen-bond acceptors (Lipinski definition) is 5. The molecule has 2 N–H and O–H groups in total. The first-order valence-electron chi connectivity index (χ1n) is 5.62. The molecule has 2 rings (SSSR count). The Kier molecular flexibility index (Phi) is 3.70. The number of rotatable bonds is 4. The van der Waals surface area contributed by atoms with E-state index in [2.05, 4.69) is 10.3 Å². The standard InChI is InChI=1S/C10H17N5O2/c1-17-9-2-3-14(6-9)10(16)7-15-5-8(4-11)12-13-15/h5,9H,2-4,6-7,11H2,1H3. The highest BCUT2D eigenvalue weighted by Crippen LogP contribution is 2.12. The fraction of sp³-hybridized carbons (Fsp3) is 0.700. The molecule has 0 radical (unpaired) electrons. The van der Waals surface area contributed by atoms with Crippen LogP contribution in [-0.4, -0.2) is 52.1 Å². The summed E-state index contributed by atoms with van der Waals surface area (Å²) in [7, 11) is 1.67. The van der Waals surface area contributed by atoms with Crippen molar-refractivity contribution in [1.29, 1.82) is 0 Å². The minimum absolute atomic E-state index is 0.0398. The molecule has 0 saturated carbocycles. The van der Waals surface area contributed by atoms with E-state index in [1.807, 2.05) is 0 Å². The van der Waals surface area contributed by atoms with Crippen LogP contribution in [0.1, 0.15) is 12.1 Å². The zero-order valence-corrected chi connectivity index (χ0v) is 9.87. The molecule has 1 saturated heterocycles. The van der Waals surface area contributed by atoms with Crippen LogP contribution in [0.2, 0.25) is 0 Å². The van der Waals surface area contributed by atoms with Crippen LogP contribution >= 0.6 is 0 Å². The van der Waals surface area contributed by atoms with Gasteiger partial charge in [-0.3, -0.25) is 4.79 Å². The first kappa shape index (κ1) is 12.0. The fourth-order valence-corrected chi connectivity index (χ4v) is 1.90. The lowest BCUT2D eigenvalue weighted by Crippen LogP contribution is -2.33. The summed E-state index contributed by atoms with van der Waals surface area (Å²) < 4.78 is 6.74. The van der Waals surface area contributed by atoms with Crippen LogP contribution in [-0.2, 0) is 22.6 Å². The van der Waals surface area contributed by atoms with Gasteiger partial charge in [-0.1, -0.05) is 5.21 Å².